The highest BCUT2D eigenvalue weighted by atomic mass is 14.7. The molecule has 1 N–H and O–H groups in total. The minimum Gasteiger partial charge on any atom is -0.361 e. The first kappa shape index (κ1) is 16.8. The fourth-order valence-corrected chi connectivity index (χ4v) is 2.68. The van der Waals surface area contributed by atoms with E-state index in [2.05, 4.69) is 77.0 Å². The monoisotopic (exact) mass is 273 g/mol. The van der Waals surface area contributed by atoms with Crippen LogP contribution in [-0.4, -0.2) is 4.98 Å². The molecule has 0 atom stereocenters. The third-order valence-corrected chi connectivity index (χ3v) is 3.25. The van der Waals surface area contributed by atoms with Gasteiger partial charge >= 0.3 is 0 Å². The maximum atomic E-state index is 3.29. The maximum absolute atomic E-state index is 3.29. The molecule has 112 valence electrons. The Morgan fingerprint density at radius 3 is 1.95 bits per heavy atom. The summed E-state index contributed by atoms with van der Waals surface area (Å²) in [5, 5.41) is 1.37. The summed E-state index contributed by atoms with van der Waals surface area (Å²) in [6, 6.07) is 8.47. The van der Waals surface area contributed by atoms with E-state index in [0.717, 1.165) is 24.2 Å². The van der Waals surface area contributed by atoms with E-state index in [1.54, 1.807) is 0 Å². The smallest absolute Gasteiger partial charge is 0.0456 e. The zero-order valence-corrected chi connectivity index (χ0v) is 14.0. The van der Waals surface area contributed by atoms with Crippen LogP contribution in [0.5, 0.6) is 0 Å². The van der Waals surface area contributed by atoms with Crippen molar-refractivity contribution in [3.8, 4) is 0 Å². The van der Waals surface area contributed by atoms with Gasteiger partial charge in [0, 0.05) is 17.1 Å². The number of hydrogen-bond donors (Lipinski definition) is 1. The zero-order valence-electron chi connectivity index (χ0n) is 14.0. The number of rotatable bonds is 4. The Morgan fingerprint density at radius 1 is 0.850 bits per heavy atom. The number of nitrogens with one attached hydrogen (secondary N) is 1. The molecule has 0 aliphatic heterocycles. The van der Waals surface area contributed by atoms with Crippen LogP contribution in [0.4, 0.5) is 0 Å². The quantitative estimate of drug-likeness (QED) is 0.697. The molecule has 0 amide bonds. The number of aromatic amines is 1. The highest BCUT2D eigenvalue weighted by molar-refractivity contribution is 5.83. The Hall–Kier alpha value is -1.24. The van der Waals surface area contributed by atoms with Crippen LogP contribution < -0.4 is 0 Å². The fraction of sp³-hybridized carbons (Fsp3) is 0.579. The lowest BCUT2D eigenvalue weighted by Crippen LogP contribution is -1.93. The van der Waals surface area contributed by atoms with Crippen molar-refractivity contribution < 1.29 is 0 Å². The second kappa shape index (κ2) is 8.14. The average molecular weight is 273 g/mol. The van der Waals surface area contributed by atoms with Gasteiger partial charge in [0.1, 0.15) is 0 Å². The third-order valence-electron chi connectivity index (χ3n) is 3.25. The van der Waals surface area contributed by atoms with Crippen molar-refractivity contribution in [1.29, 1.82) is 0 Å². The molecule has 0 aliphatic carbocycles. The topological polar surface area (TPSA) is 15.8 Å². The van der Waals surface area contributed by atoms with Crippen LogP contribution in [0.2, 0.25) is 0 Å². The van der Waals surface area contributed by atoms with Gasteiger partial charge in [0.25, 0.3) is 0 Å². The van der Waals surface area contributed by atoms with Crippen molar-refractivity contribution >= 4 is 10.9 Å². The number of H-pyrrole nitrogens is 1. The molecule has 0 aliphatic rings. The van der Waals surface area contributed by atoms with Gasteiger partial charge in [-0.25, -0.2) is 0 Å². The van der Waals surface area contributed by atoms with Crippen LogP contribution >= 0.6 is 0 Å². The summed E-state index contributed by atoms with van der Waals surface area (Å²) < 4.78 is 0. The van der Waals surface area contributed by atoms with Crippen molar-refractivity contribution in [2.75, 3.05) is 0 Å². The standard InChI is InChI=1S/C12H15N.C7H16/c1-9(2)7-10-8-13-12-6-4-3-5-11(10)12;1-6(2)5-7(3)4/h3-6,8-9,13H,7H2,1-2H3;6-7H,5H2,1-4H3. The van der Waals surface area contributed by atoms with Gasteiger partial charge in [-0.3, -0.25) is 0 Å². The molecular formula is C19H31N. The van der Waals surface area contributed by atoms with Crippen molar-refractivity contribution in [2.24, 2.45) is 17.8 Å². The van der Waals surface area contributed by atoms with Crippen LogP contribution in [0.1, 0.15) is 53.5 Å². The highest BCUT2D eigenvalue weighted by Crippen LogP contribution is 2.20. The molecule has 1 nitrogen and oxygen atoms in total. The summed E-state index contributed by atoms with van der Waals surface area (Å²) >= 11 is 0. The van der Waals surface area contributed by atoms with Crippen LogP contribution in [0.25, 0.3) is 10.9 Å². The van der Waals surface area contributed by atoms with E-state index in [1.165, 1.54) is 22.9 Å². The van der Waals surface area contributed by atoms with Crippen molar-refractivity contribution in [3.05, 3.63) is 36.0 Å². The number of benzene rings is 1. The Labute approximate surface area is 124 Å². The lowest BCUT2D eigenvalue weighted by Gasteiger charge is -2.05. The largest absolute Gasteiger partial charge is 0.361 e. The van der Waals surface area contributed by atoms with Crippen LogP contribution in [-0.2, 0) is 6.42 Å². The van der Waals surface area contributed by atoms with E-state index in [0.29, 0.717) is 0 Å². The summed E-state index contributed by atoms with van der Waals surface area (Å²) in [4.78, 5) is 3.29. The molecule has 0 saturated carbocycles. The van der Waals surface area contributed by atoms with E-state index in [-0.39, 0.29) is 0 Å². The number of fused-ring (bicyclic) bond motifs is 1. The normalized spacial score (nSPS) is 11.2. The molecule has 0 bridgehead atoms. The maximum Gasteiger partial charge on any atom is 0.0456 e. The van der Waals surface area contributed by atoms with E-state index in [9.17, 15) is 0 Å². The van der Waals surface area contributed by atoms with Crippen molar-refractivity contribution in [2.45, 2.75) is 54.4 Å². The summed E-state index contributed by atoms with van der Waals surface area (Å²) in [6.45, 7) is 13.6. The summed E-state index contributed by atoms with van der Waals surface area (Å²) in [5.74, 6) is 2.47. The van der Waals surface area contributed by atoms with Gasteiger partial charge in [-0.2, -0.15) is 0 Å². The number of para-hydroxylation sites is 1. The average Bonchev–Trinajstić information content (AvgIpc) is 2.71. The Morgan fingerprint density at radius 2 is 1.45 bits per heavy atom. The van der Waals surface area contributed by atoms with E-state index < -0.39 is 0 Å². The molecule has 0 saturated heterocycles. The lowest BCUT2D eigenvalue weighted by molar-refractivity contribution is 0.469. The van der Waals surface area contributed by atoms with Gasteiger partial charge in [0.05, 0.1) is 0 Å². The van der Waals surface area contributed by atoms with Gasteiger partial charge in [-0.15, -0.1) is 0 Å². The Balaban J connectivity index is 0.000000246. The van der Waals surface area contributed by atoms with E-state index >= 15 is 0 Å². The first-order valence-electron chi connectivity index (χ1n) is 7.95. The molecule has 2 rings (SSSR count). The highest BCUT2D eigenvalue weighted by Gasteiger charge is 2.03. The predicted molar refractivity (Wildman–Crippen MR) is 91.1 cm³/mol. The molecule has 20 heavy (non-hydrogen) atoms. The second-order valence-corrected chi connectivity index (χ2v) is 6.98. The second-order valence-electron chi connectivity index (χ2n) is 6.98. The molecular weight excluding hydrogens is 242 g/mol. The minimum atomic E-state index is 0.721. The third kappa shape index (κ3) is 5.81. The van der Waals surface area contributed by atoms with Gasteiger partial charge in [0.15, 0.2) is 0 Å². The molecule has 1 aromatic carbocycles. The van der Waals surface area contributed by atoms with Gasteiger partial charge in [-0.05, 0) is 42.2 Å². The first-order valence-corrected chi connectivity index (χ1v) is 7.95. The number of aromatic nitrogens is 1. The summed E-state index contributed by atoms with van der Waals surface area (Å²) in [6.07, 6.45) is 4.65. The molecule has 0 fully saturated rings. The van der Waals surface area contributed by atoms with Crippen molar-refractivity contribution in [3.63, 3.8) is 0 Å². The first-order chi connectivity index (χ1) is 9.40. The molecule has 1 heterocycles. The van der Waals surface area contributed by atoms with Gasteiger partial charge in [0.2, 0.25) is 0 Å². The fourth-order valence-electron chi connectivity index (χ4n) is 2.68. The van der Waals surface area contributed by atoms with Crippen LogP contribution in [0, 0.1) is 17.8 Å². The van der Waals surface area contributed by atoms with Crippen LogP contribution in [0.3, 0.4) is 0 Å². The molecule has 0 radical (unpaired) electrons. The van der Waals surface area contributed by atoms with E-state index in [4.69, 9.17) is 0 Å². The summed E-state index contributed by atoms with van der Waals surface area (Å²) in [5.41, 5.74) is 2.68. The lowest BCUT2D eigenvalue weighted by atomic mass is 10.0. The predicted octanol–water partition coefficient (Wildman–Crippen LogP) is 6.05. The van der Waals surface area contributed by atoms with Gasteiger partial charge in [-0.1, -0.05) is 59.7 Å². The van der Waals surface area contributed by atoms with Gasteiger partial charge < -0.3 is 4.98 Å². The summed E-state index contributed by atoms with van der Waals surface area (Å²) in [7, 11) is 0. The Kier molecular flexibility index (Phi) is 6.84. The minimum absolute atomic E-state index is 0.721. The molecule has 0 spiro atoms. The SMILES string of the molecule is CC(C)CC(C)C.CC(C)Cc1c[nH]c2ccccc12. The van der Waals surface area contributed by atoms with Crippen LogP contribution in [0.15, 0.2) is 30.5 Å². The molecule has 1 heteroatoms. The molecule has 2 aromatic rings. The van der Waals surface area contributed by atoms with E-state index in [1.807, 2.05) is 0 Å². The zero-order chi connectivity index (χ0) is 15.1. The molecule has 1 aromatic heterocycles. The number of hydrogen-bond acceptors (Lipinski definition) is 0. The Bertz CT molecular complexity index is 485. The van der Waals surface area contributed by atoms with Crippen molar-refractivity contribution in [1.82, 2.24) is 4.98 Å². The molecule has 0 unspecified atom stereocenters.